The fraction of sp³-hybridized carbons (Fsp3) is 0.333. The number of halogens is 1. The number of benzene rings is 2. The van der Waals surface area contributed by atoms with E-state index in [0.29, 0.717) is 0 Å². The van der Waals surface area contributed by atoms with Gasteiger partial charge in [0.05, 0.1) is 5.60 Å². The highest BCUT2D eigenvalue weighted by atomic mass is 79.9. The van der Waals surface area contributed by atoms with Crippen LogP contribution in [0.25, 0.3) is 0 Å². The molecule has 2 aromatic carbocycles. The Morgan fingerprint density at radius 1 is 1.05 bits per heavy atom. The van der Waals surface area contributed by atoms with Crippen molar-refractivity contribution >= 4 is 27.7 Å². The molecule has 0 spiro atoms. The third kappa shape index (κ3) is 3.57. The van der Waals surface area contributed by atoms with Crippen molar-refractivity contribution < 1.29 is 9.47 Å². The Morgan fingerprint density at radius 3 is 2.45 bits per heavy atom. The van der Waals surface area contributed by atoms with Crippen molar-refractivity contribution in [3.05, 3.63) is 58.6 Å². The van der Waals surface area contributed by atoms with Gasteiger partial charge in [0.1, 0.15) is 0 Å². The quantitative estimate of drug-likeness (QED) is 0.723. The second kappa shape index (κ2) is 7.18. The smallest absolute Gasteiger partial charge is 0.0971 e. The summed E-state index contributed by atoms with van der Waals surface area (Å²) in [6, 6.07) is 17.1. The van der Waals surface area contributed by atoms with E-state index in [0.717, 1.165) is 30.5 Å². The molecule has 0 saturated carbocycles. The number of ether oxygens (including phenoxy) is 2. The van der Waals surface area contributed by atoms with Crippen LogP contribution in [0.1, 0.15) is 18.4 Å². The molecule has 0 bridgehead atoms. The van der Waals surface area contributed by atoms with Crippen molar-refractivity contribution in [3.63, 3.8) is 0 Å². The van der Waals surface area contributed by atoms with Crippen molar-refractivity contribution in [2.24, 2.45) is 0 Å². The Bertz CT molecular complexity index is 621. The molecule has 0 aromatic heterocycles. The normalized spacial score (nSPS) is 17.4. The molecule has 116 valence electrons. The van der Waals surface area contributed by atoms with Gasteiger partial charge in [0, 0.05) is 47.4 Å². The van der Waals surface area contributed by atoms with Crippen LogP contribution >= 0.6 is 27.7 Å². The Labute approximate surface area is 144 Å². The first-order valence-corrected chi connectivity index (χ1v) is 9.00. The molecular formula is C18H19BrO2S. The van der Waals surface area contributed by atoms with Gasteiger partial charge in [-0.2, -0.15) is 0 Å². The van der Waals surface area contributed by atoms with Gasteiger partial charge < -0.3 is 9.47 Å². The second-order valence-electron chi connectivity index (χ2n) is 5.39. The predicted octanol–water partition coefficient (Wildman–Crippen LogP) is 5.25. The zero-order valence-corrected chi connectivity index (χ0v) is 15.0. The highest BCUT2D eigenvalue weighted by Crippen LogP contribution is 2.38. The molecular weight excluding hydrogens is 360 g/mol. The van der Waals surface area contributed by atoms with Crippen LogP contribution in [0.15, 0.2) is 62.8 Å². The zero-order chi connectivity index (χ0) is 15.4. The average molecular weight is 379 g/mol. The molecule has 0 atom stereocenters. The number of hydrogen-bond donors (Lipinski definition) is 0. The van der Waals surface area contributed by atoms with Crippen molar-refractivity contribution in [3.8, 4) is 0 Å². The van der Waals surface area contributed by atoms with E-state index in [4.69, 9.17) is 9.47 Å². The molecule has 3 rings (SSSR count). The Morgan fingerprint density at radius 2 is 1.77 bits per heavy atom. The Hall–Kier alpha value is -0.810. The lowest BCUT2D eigenvalue weighted by molar-refractivity contribution is -0.0948. The molecule has 1 aliphatic heterocycles. The van der Waals surface area contributed by atoms with Crippen LogP contribution in [-0.4, -0.2) is 20.3 Å². The molecule has 2 nitrogen and oxygen atoms in total. The standard InChI is InChI=1S/C18H19BrO2S/c1-20-18(9-11-21-12-10-18)14-3-2-4-17(13-14)22-16-7-5-15(19)6-8-16/h2-8,13H,9-12H2,1H3. The maximum atomic E-state index is 5.89. The summed E-state index contributed by atoms with van der Waals surface area (Å²) in [5.74, 6) is 0. The van der Waals surface area contributed by atoms with E-state index in [9.17, 15) is 0 Å². The lowest BCUT2D eigenvalue weighted by Crippen LogP contribution is -2.35. The van der Waals surface area contributed by atoms with Crippen LogP contribution in [0, 0.1) is 0 Å². The molecule has 0 unspecified atom stereocenters. The van der Waals surface area contributed by atoms with Crippen LogP contribution in [0.4, 0.5) is 0 Å². The number of rotatable bonds is 4. The molecule has 2 aromatic rings. The summed E-state index contributed by atoms with van der Waals surface area (Å²) in [7, 11) is 1.81. The summed E-state index contributed by atoms with van der Waals surface area (Å²) in [6.07, 6.45) is 1.83. The summed E-state index contributed by atoms with van der Waals surface area (Å²) in [5, 5.41) is 0. The lowest BCUT2D eigenvalue weighted by Gasteiger charge is -2.36. The molecule has 1 heterocycles. The van der Waals surface area contributed by atoms with Gasteiger partial charge in [-0.15, -0.1) is 0 Å². The minimum atomic E-state index is -0.200. The van der Waals surface area contributed by atoms with E-state index in [-0.39, 0.29) is 5.60 Å². The highest BCUT2D eigenvalue weighted by molar-refractivity contribution is 9.10. The van der Waals surface area contributed by atoms with Gasteiger partial charge in [-0.05, 0) is 42.0 Å². The van der Waals surface area contributed by atoms with Crippen molar-refractivity contribution in [1.82, 2.24) is 0 Å². The van der Waals surface area contributed by atoms with E-state index in [1.807, 2.05) is 0 Å². The Kier molecular flexibility index (Phi) is 5.24. The molecule has 22 heavy (non-hydrogen) atoms. The van der Waals surface area contributed by atoms with Crippen LogP contribution in [0.3, 0.4) is 0 Å². The van der Waals surface area contributed by atoms with E-state index < -0.39 is 0 Å². The number of hydrogen-bond acceptors (Lipinski definition) is 3. The summed E-state index contributed by atoms with van der Waals surface area (Å²) >= 11 is 5.25. The number of methoxy groups -OCH3 is 1. The molecule has 1 aliphatic rings. The minimum absolute atomic E-state index is 0.200. The van der Waals surface area contributed by atoms with Gasteiger partial charge in [-0.25, -0.2) is 0 Å². The predicted molar refractivity (Wildman–Crippen MR) is 93.4 cm³/mol. The molecule has 0 N–H and O–H groups in total. The second-order valence-corrected chi connectivity index (χ2v) is 7.46. The molecule has 0 radical (unpaired) electrons. The van der Waals surface area contributed by atoms with Gasteiger partial charge in [-0.3, -0.25) is 0 Å². The topological polar surface area (TPSA) is 18.5 Å². The minimum Gasteiger partial charge on any atom is -0.381 e. The Balaban J connectivity index is 1.84. The van der Waals surface area contributed by atoms with Crippen molar-refractivity contribution in [1.29, 1.82) is 0 Å². The maximum absolute atomic E-state index is 5.89. The third-order valence-electron chi connectivity index (χ3n) is 4.10. The zero-order valence-electron chi connectivity index (χ0n) is 12.5. The van der Waals surface area contributed by atoms with Crippen molar-refractivity contribution in [2.75, 3.05) is 20.3 Å². The fourth-order valence-electron chi connectivity index (χ4n) is 2.79. The lowest BCUT2D eigenvalue weighted by atomic mass is 9.86. The first-order chi connectivity index (χ1) is 10.7. The highest BCUT2D eigenvalue weighted by Gasteiger charge is 2.34. The largest absolute Gasteiger partial charge is 0.381 e. The van der Waals surface area contributed by atoms with E-state index >= 15 is 0 Å². The van der Waals surface area contributed by atoms with Crippen LogP contribution in [0.5, 0.6) is 0 Å². The van der Waals surface area contributed by atoms with Gasteiger partial charge in [0.15, 0.2) is 0 Å². The fourth-order valence-corrected chi connectivity index (χ4v) is 3.93. The van der Waals surface area contributed by atoms with E-state index in [2.05, 4.69) is 64.5 Å². The molecule has 1 fully saturated rings. The van der Waals surface area contributed by atoms with Gasteiger partial charge in [0.25, 0.3) is 0 Å². The summed E-state index contributed by atoms with van der Waals surface area (Å²) < 4.78 is 12.5. The average Bonchev–Trinajstić information content (AvgIpc) is 2.58. The van der Waals surface area contributed by atoms with Crippen LogP contribution in [0.2, 0.25) is 0 Å². The molecule has 4 heteroatoms. The first-order valence-electron chi connectivity index (χ1n) is 7.39. The molecule has 0 amide bonds. The maximum Gasteiger partial charge on any atom is 0.0971 e. The van der Waals surface area contributed by atoms with Gasteiger partial charge in [0.2, 0.25) is 0 Å². The SMILES string of the molecule is COC1(c2cccc(Sc3ccc(Br)cc3)c2)CCOCC1. The van der Waals surface area contributed by atoms with Crippen LogP contribution in [-0.2, 0) is 15.1 Å². The van der Waals surface area contributed by atoms with Crippen LogP contribution < -0.4 is 0 Å². The summed E-state index contributed by atoms with van der Waals surface area (Å²) in [6.45, 7) is 1.52. The molecule has 1 saturated heterocycles. The third-order valence-corrected chi connectivity index (χ3v) is 5.63. The summed E-state index contributed by atoms with van der Waals surface area (Å²) in [4.78, 5) is 2.47. The van der Waals surface area contributed by atoms with E-state index in [1.165, 1.54) is 15.4 Å². The van der Waals surface area contributed by atoms with E-state index in [1.54, 1.807) is 18.9 Å². The summed E-state index contributed by atoms with van der Waals surface area (Å²) in [5.41, 5.74) is 1.05. The van der Waals surface area contributed by atoms with Gasteiger partial charge >= 0.3 is 0 Å². The monoisotopic (exact) mass is 378 g/mol. The van der Waals surface area contributed by atoms with Crippen molar-refractivity contribution in [2.45, 2.75) is 28.2 Å². The molecule has 0 aliphatic carbocycles. The van der Waals surface area contributed by atoms with Gasteiger partial charge in [-0.1, -0.05) is 39.8 Å². The first kappa shape index (κ1) is 16.1.